The molecule has 0 saturated carbocycles. The van der Waals surface area contributed by atoms with Crippen LogP contribution in [0, 0.1) is 0 Å². The second kappa shape index (κ2) is 10.9. The summed E-state index contributed by atoms with van der Waals surface area (Å²) in [5.74, 6) is -2.17. The van der Waals surface area contributed by atoms with E-state index < -0.39 is 48.4 Å². The van der Waals surface area contributed by atoms with Gasteiger partial charge in [-0.15, -0.1) is 0 Å². The average Bonchev–Trinajstić information content (AvgIpc) is 2.69. The fourth-order valence-corrected chi connectivity index (χ4v) is 2.73. The van der Waals surface area contributed by atoms with Gasteiger partial charge in [-0.3, -0.25) is 24.5 Å². The highest BCUT2D eigenvalue weighted by molar-refractivity contribution is 5.87. The lowest BCUT2D eigenvalue weighted by molar-refractivity contribution is -0.428. The number of hydrogen-bond donors (Lipinski definition) is 2. The van der Waals surface area contributed by atoms with Gasteiger partial charge in [-0.25, -0.2) is 4.79 Å². The molecule has 1 saturated heterocycles. The molecule has 1 aliphatic heterocycles. The first-order valence-corrected chi connectivity index (χ1v) is 9.25. The van der Waals surface area contributed by atoms with Gasteiger partial charge in [0.05, 0.1) is 0 Å². The maximum Gasteiger partial charge on any atom is 0.437 e. The molecule has 1 amide bonds. The fraction of sp³-hybridized carbons (Fsp3) is 0.421. The Labute approximate surface area is 177 Å². The first kappa shape index (κ1) is 23.6. The van der Waals surface area contributed by atoms with Gasteiger partial charge in [-0.1, -0.05) is 18.2 Å². The van der Waals surface area contributed by atoms with E-state index in [0.29, 0.717) is 5.69 Å². The molecule has 1 fully saturated rings. The average molecular weight is 438 g/mol. The molecule has 1 aromatic carbocycles. The summed E-state index contributed by atoms with van der Waals surface area (Å²) < 4.78 is 21.0. The maximum absolute atomic E-state index is 12.0. The standard InChI is InChI=1S/C19H23N3O9/c1-10(23)27-9-14-16(28-11(2)24)17(29-12(3)25)15(20)18(30-14)22-31-19(26)21-13-7-5-4-6-8-13/h4-8,14-17H,9,20H2,1-3H3,(H,21,26)/p+1/b22-18-/t14?,15?,16-,17-/m1/s1. The molecule has 0 aliphatic carbocycles. The van der Waals surface area contributed by atoms with Gasteiger partial charge < -0.3 is 24.7 Å². The van der Waals surface area contributed by atoms with Gasteiger partial charge in [0.1, 0.15) is 6.61 Å². The van der Waals surface area contributed by atoms with Crippen LogP contribution in [-0.4, -0.2) is 60.9 Å². The Morgan fingerprint density at radius 3 is 2.19 bits per heavy atom. The molecule has 0 radical (unpaired) electrons. The third-order valence-electron chi connectivity index (χ3n) is 3.97. The van der Waals surface area contributed by atoms with Crippen molar-refractivity contribution < 1.29 is 48.7 Å². The van der Waals surface area contributed by atoms with Crippen molar-refractivity contribution in [3.63, 3.8) is 0 Å². The van der Waals surface area contributed by atoms with Crippen molar-refractivity contribution in [2.75, 3.05) is 11.9 Å². The minimum atomic E-state index is -1.14. The number of esters is 3. The zero-order chi connectivity index (χ0) is 23.0. The number of ether oxygens (including phenoxy) is 4. The lowest BCUT2D eigenvalue weighted by atomic mass is 9.97. The second-order valence-corrected chi connectivity index (χ2v) is 6.51. The van der Waals surface area contributed by atoms with E-state index in [1.807, 2.05) is 0 Å². The van der Waals surface area contributed by atoms with E-state index in [2.05, 4.69) is 16.2 Å². The number of amides is 1. The Kier molecular flexibility index (Phi) is 8.32. The molecule has 4 atom stereocenters. The number of oxime groups is 1. The fourth-order valence-electron chi connectivity index (χ4n) is 2.73. The molecule has 2 unspecified atom stereocenters. The second-order valence-electron chi connectivity index (χ2n) is 6.51. The molecular weight excluding hydrogens is 414 g/mol. The van der Waals surface area contributed by atoms with E-state index in [4.69, 9.17) is 23.8 Å². The predicted molar refractivity (Wildman–Crippen MR) is 103 cm³/mol. The van der Waals surface area contributed by atoms with E-state index in [1.165, 1.54) is 6.92 Å². The van der Waals surface area contributed by atoms with Crippen LogP contribution in [-0.2, 0) is 38.2 Å². The largest absolute Gasteiger partial charge is 0.463 e. The number of benzene rings is 1. The van der Waals surface area contributed by atoms with Crippen LogP contribution in [0.5, 0.6) is 0 Å². The highest BCUT2D eigenvalue weighted by Gasteiger charge is 2.51. The molecule has 1 heterocycles. The monoisotopic (exact) mass is 438 g/mol. The third kappa shape index (κ3) is 7.26. The molecule has 2 rings (SSSR count). The van der Waals surface area contributed by atoms with Gasteiger partial charge in [-0.05, 0) is 17.3 Å². The van der Waals surface area contributed by atoms with Crippen molar-refractivity contribution in [1.29, 1.82) is 0 Å². The summed E-state index contributed by atoms with van der Waals surface area (Å²) in [7, 11) is 0. The van der Waals surface area contributed by atoms with Crippen molar-refractivity contribution in [2.24, 2.45) is 5.16 Å². The van der Waals surface area contributed by atoms with Crippen LogP contribution in [0.3, 0.4) is 0 Å². The van der Waals surface area contributed by atoms with Crippen LogP contribution in [0.1, 0.15) is 20.8 Å². The highest BCUT2D eigenvalue weighted by atomic mass is 16.7. The summed E-state index contributed by atoms with van der Waals surface area (Å²) in [5, 5.41) is 6.11. The van der Waals surface area contributed by atoms with E-state index in [1.54, 1.807) is 30.3 Å². The molecule has 1 aliphatic rings. The van der Waals surface area contributed by atoms with Gasteiger partial charge in [0.15, 0.2) is 12.2 Å². The Hall–Kier alpha value is -3.67. The molecule has 168 valence electrons. The van der Waals surface area contributed by atoms with Crippen molar-refractivity contribution in [2.45, 2.75) is 45.1 Å². The first-order valence-electron chi connectivity index (χ1n) is 9.25. The minimum absolute atomic E-state index is 0.213. The van der Waals surface area contributed by atoms with E-state index in [-0.39, 0.29) is 12.5 Å². The number of rotatable bonds is 6. The summed E-state index contributed by atoms with van der Waals surface area (Å²) in [6.45, 7) is 3.16. The number of nitrogens with one attached hydrogen (secondary N) is 1. The van der Waals surface area contributed by atoms with Gasteiger partial charge in [0, 0.05) is 26.5 Å². The summed E-state index contributed by atoms with van der Waals surface area (Å²) in [5.41, 5.74) is 4.29. The van der Waals surface area contributed by atoms with Crippen LogP contribution >= 0.6 is 0 Å². The van der Waals surface area contributed by atoms with Crippen LogP contribution in [0.2, 0.25) is 0 Å². The summed E-state index contributed by atoms with van der Waals surface area (Å²) in [6, 6.07) is 7.51. The molecule has 0 aromatic heterocycles. The van der Waals surface area contributed by atoms with Crippen LogP contribution in [0.25, 0.3) is 0 Å². The van der Waals surface area contributed by atoms with Crippen LogP contribution < -0.4 is 11.1 Å². The molecule has 1 aromatic rings. The summed E-state index contributed by atoms with van der Waals surface area (Å²) in [4.78, 5) is 51.2. The molecule has 31 heavy (non-hydrogen) atoms. The van der Waals surface area contributed by atoms with Crippen molar-refractivity contribution in [3.05, 3.63) is 30.3 Å². The lowest BCUT2D eigenvalue weighted by Crippen LogP contribution is -2.77. The lowest BCUT2D eigenvalue weighted by Gasteiger charge is -2.38. The Balaban J connectivity index is 2.21. The van der Waals surface area contributed by atoms with Crippen LogP contribution in [0.4, 0.5) is 10.5 Å². The van der Waals surface area contributed by atoms with Crippen molar-refractivity contribution in [1.82, 2.24) is 0 Å². The third-order valence-corrected chi connectivity index (χ3v) is 3.97. The molecule has 12 nitrogen and oxygen atoms in total. The number of nitrogens with zero attached hydrogens (tertiary/aromatic N) is 1. The van der Waals surface area contributed by atoms with Gasteiger partial charge in [-0.2, -0.15) is 0 Å². The normalized spacial score (nSPS) is 23.8. The van der Waals surface area contributed by atoms with Crippen LogP contribution in [0.15, 0.2) is 35.5 Å². The van der Waals surface area contributed by atoms with E-state index >= 15 is 0 Å². The topological polar surface area (TPSA) is 166 Å². The maximum atomic E-state index is 12.0. The van der Waals surface area contributed by atoms with E-state index in [9.17, 15) is 19.2 Å². The Bertz CT molecular complexity index is 843. The summed E-state index contributed by atoms with van der Waals surface area (Å²) in [6.07, 6.45) is -4.26. The predicted octanol–water partition coefficient (Wildman–Crippen LogP) is -0.0156. The number of hydrogen-bond acceptors (Lipinski definition) is 10. The summed E-state index contributed by atoms with van der Waals surface area (Å²) >= 11 is 0. The number of quaternary nitrogens is 1. The quantitative estimate of drug-likeness (QED) is 0.269. The number of carbonyl (C=O) groups excluding carboxylic acids is 4. The van der Waals surface area contributed by atoms with Gasteiger partial charge in [0.25, 0.3) is 5.90 Å². The van der Waals surface area contributed by atoms with Crippen molar-refractivity contribution in [3.8, 4) is 0 Å². The molecule has 0 spiro atoms. The zero-order valence-electron chi connectivity index (χ0n) is 17.2. The Morgan fingerprint density at radius 1 is 1.00 bits per heavy atom. The molecule has 12 heteroatoms. The number of para-hydroxylation sites is 1. The molecular formula is C19H24N3O9+. The van der Waals surface area contributed by atoms with Crippen molar-refractivity contribution >= 4 is 35.6 Å². The van der Waals surface area contributed by atoms with Gasteiger partial charge >= 0.3 is 24.0 Å². The zero-order valence-corrected chi connectivity index (χ0v) is 17.2. The van der Waals surface area contributed by atoms with Gasteiger partial charge in [0.2, 0.25) is 12.1 Å². The van der Waals surface area contributed by atoms with E-state index in [0.717, 1.165) is 13.8 Å². The highest BCUT2D eigenvalue weighted by Crippen LogP contribution is 2.23. The SMILES string of the molecule is CC(=O)OCC1O/C(=N\OC(=O)Nc2ccccc2)C([NH3+])[C@@H](OC(C)=O)[C@@H]1OC(C)=O. The first-order chi connectivity index (χ1) is 14.7. The Morgan fingerprint density at radius 2 is 1.61 bits per heavy atom. The molecule has 4 N–H and O–H groups in total. The molecule has 0 bridgehead atoms. The minimum Gasteiger partial charge on any atom is -0.463 e. The number of carbonyl (C=O) groups is 4. The number of anilines is 1. The smallest absolute Gasteiger partial charge is 0.437 e.